The van der Waals surface area contributed by atoms with E-state index in [4.69, 9.17) is 22.9 Å². The highest BCUT2D eigenvalue weighted by molar-refractivity contribution is 8.26. The number of pyridine rings is 1. The molecule has 2 N–H and O–H groups in total. The minimum Gasteiger partial charge on any atom is -0.369 e. The molecule has 2 aliphatic heterocycles. The number of thiocarbonyl (C=S) groups is 1. The fourth-order valence-corrected chi connectivity index (χ4v) is 5.21. The average Bonchev–Trinajstić information content (AvgIpc) is 3.01. The quantitative estimate of drug-likeness (QED) is 0.566. The molecular weight excluding hydrogens is 416 g/mol. The Balaban J connectivity index is 1.72. The van der Waals surface area contributed by atoms with Crippen molar-refractivity contribution in [2.45, 2.75) is 26.2 Å². The van der Waals surface area contributed by atoms with Gasteiger partial charge in [0.25, 0.3) is 5.91 Å². The number of nitrogens with zero attached hydrogens (tertiary/aromatic N) is 3. The summed E-state index contributed by atoms with van der Waals surface area (Å²) in [4.78, 5) is 33.8. The van der Waals surface area contributed by atoms with Crippen molar-refractivity contribution in [2.75, 3.05) is 24.5 Å². The van der Waals surface area contributed by atoms with Crippen LogP contribution in [0.3, 0.4) is 0 Å². The summed E-state index contributed by atoms with van der Waals surface area (Å²) < 4.78 is 0.602. The normalized spacial score (nSPS) is 19.3. The van der Waals surface area contributed by atoms with Gasteiger partial charge in [-0.05, 0) is 37.5 Å². The molecule has 156 valence electrons. The number of fused-ring (bicyclic) bond motifs is 1. The fraction of sp³-hybridized carbons (Fsp3) is 0.364. The van der Waals surface area contributed by atoms with Crippen molar-refractivity contribution in [3.63, 3.8) is 0 Å². The van der Waals surface area contributed by atoms with Crippen molar-refractivity contribution in [2.24, 2.45) is 11.7 Å². The number of benzene rings is 1. The fourth-order valence-electron chi connectivity index (χ4n) is 3.92. The van der Waals surface area contributed by atoms with Crippen molar-refractivity contribution in [1.82, 2.24) is 9.88 Å². The van der Waals surface area contributed by atoms with E-state index in [2.05, 4.69) is 11.0 Å². The van der Waals surface area contributed by atoms with Crippen LogP contribution in [0.1, 0.15) is 31.7 Å². The molecule has 6 nitrogen and oxygen atoms in total. The number of aromatic nitrogens is 1. The van der Waals surface area contributed by atoms with Crippen molar-refractivity contribution in [3.05, 3.63) is 40.8 Å². The van der Waals surface area contributed by atoms with Crippen LogP contribution in [0.4, 0.5) is 5.82 Å². The number of thioether (sulfide) groups is 1. The predicted octanol–water partition coefficient (Wildman–Crippen LogP) is 3.55. The summed E-state index contributed by atoms with van der Waals surface area (Å²) in [5, 5.41) is 1.02. The Kier molecular flexibility index (Phi) is 6.06. The van der Waals surface area contributed by atoms with E-state index in [0.29, 0.717) is 41.7 Å². The number of primary amides is 1. The van der Waals surface area contributed by atoms with Gasteiger partial charge in [-0.3, -0.25) is 14.5 Å². The predicted molar refractivity (Wildman–Crippen MR) is 126 cm³/mol. The van der Waals surface area contributed by atoms with Gasteiger partial charge in [0.2, 0.25) is 5.91 Å². The third kappa shape index (κ3) is 4.06. The number of piperidine rings is 1. The maximum Gasteiger partial charge on any atom is 0.266 e. The van der Waals surface area contributed by atoms with E-state index in [1.54, 1.807) is 4.90 Å². The lowest BCUT2D eigenvalue weighted by Gasteiger charge is -2.32. The highest BCUT2D eigenvalue weighted by atomic mass is 32.2. The van der Waals surface area contributed by atoms with Crippen molar-refractivity contribution in [1.29, 1.82) is 0 Å². The Labute approximate surface area is 185 Å². The number of anilines is 1. The van der Waals surface area contributed by atoms with E-state index in [9.17, 15) is 9.59 Å². The molecule has 0 spiro atoms. The molecule has 8 heteroatoms. The van der Waals surface area contributed by atoms with E-state index in [0.717, 1.165) is 28.7 Å². The Morgan fingerprint density at radius 1 is 1.33 bits per heavy atom. The summed E-state index contributed by atoms with van der Waals surface area (Å²) in [6.45, 7) is 4.07. The molecule has 1 aromatic heterocycles. The van der Waals surface area contributed by atoms with Crippen LogP contribution in [0.5, 0.6) is 0 Å². The first-order valence-electron chi connectivity index (χ1n) is 10.2. The molecule has 2 amide bonds. The molecule has 0 atom stereocenters. The zero-order valence-corrected chi connectivity index (χ0v) is 18.5. The summed E-state index contributed by atoms with van der Waals surface area (Å²) in [5.74, 6) is 0.465. The number of rotatable bonds is 5. The second-order valence-electron chi connectivity index (χ2n) is 7.59. The van der Waals surface area contributed by atoms with Crippen LogP contribution in [0.15, 0.2) is 35.2 Å². The number of hydrogen-bond acceptors (Lipinski definition) is 6. The summed E-state index contributed by atoms with van der Waals surface area (Å²) in [6, 6.07) is 10.0. The van der Waals surface area contributed by atoms with Crippen LogP contribution in [0, 0.1) is 5.92 Å². The number of carbonyl (C=O) groups excluding carboxylic acids is 2. The maximum absolute atomic E-state index is 12.8. The van der Waals surface area contributed by atoms with Crippen LogP contribution in [0.25, 0.3) is 17.0 Å². The third-order valence-corrected chi connectivity index (χ3v) is 6.91. The molecule has 0 bridgehead atoms. The van der Waals surface area contributed by atoms with Gasteiger partial charge in [-0.1, -0.05) is 49.1 Å². The van der Waals surface area contributed by atoms with Crippen LogP contribution >= 0.6 is 24.0 Å². The molecule has 2 aliphatic rings. The standard InChI is InChI=1S/C22H24N4O2S2/c1-2-9-26-21(28)18(30-22(26)29)13-16-12-15-5-3-4-6-17(15)24-20(16)25-10-7-14(8-11-25)19(23)27/h3-6,12-14H,2,7-11H2,1H3,(H2,23,27)/b18-13-. The number of nitrogens with two attached hydrogens (primary N) is 1. The monoisotopic (exact) mass is 440 g/mol. The number of hydrogen-bond donors (Lipinski definition) is 1. The van der Waals surface area contributed by atoms with Crippen molar-refractivity contribution >= 4 is 62.9 Å². The second kappa shape index (κ2) is 8.73. The molecule has 3 heterocycles. The molecule has 2 saturated heterocycles. The lowest BCUT2D eigenvalue weighted by atomic mass is 9.96. The van der Waals surface area contributed by atoms with Crippen molar-refractivity contribution < 1.29 is 9.59 Å². The second-order valence-corrected chi connectivity index (χ2v) is 9.27. The van der Waals surface area contributed by atoms with Crippen LogP contribution < -0.4 is 10.6 Å². The molecule has 0 aliphatic carbocycles. The smallest absolute Gasteiger partial charge is 0.266 e. The minimum absolute atomic E-state index is 0.0432. The molecule has 0 saturated carbocycles. The molecule has 4 rings (SSSR count). The Morgan fingerprint density at radius 2 is 2.07 bits per heavy atom. The Morgan fingerprint density at radius 3 is 2.77 bits per heavy atom. The molecule has 2 fully saturated rings. The zero-order chi connectivity index (χ0) is 21.3. The van der Waals surface area contributed by atoms with Gasteiger partial charge in [0, 0.05) is 36.5 Å². The lowest BCUT2D eigenvalue weighted by molar-refractivity contribution is -0.123. The third-order valence-electron chi connectivity index (χ3n) is 5.54. The van der Waals surface area contributed by atoms with Gasteiger partial charge in [-0.15, -0.1) is 0 Å². The first kappa shape index (κ1) is 20.8. The number of carbonyl (C=O) groups is 2. The first-order valence-corrected chi connectivity index (χ1v) is 11.4. The van der Waals surface area contributed by atoms with Gasteiger partial charge in [0.1, 0.15) is 10.1 Å². The van der Waals surface area contributed by atoms with Crippen LogP contribution in [-0.2, 0) is 9.59 Å². The summed E-state index contributed by atoms with van der Waals surface area (Å²) in [7, 11) is 0. The van der Waals surface area contributed by atoms with Gasteiger partial charge in [-0.25, -0.2) is 4.98 Å². The molecule has 2 aromatic rings. The van der Waals surface area contributed by atoms with E-state index in [1.165, 1.54) is 11.8 Å². The largest absolute Gasteiger partial charge is 0.369 e. The van der Waals surface area contributed by atoms with E-state index >= 15 is 0 Å². The van der Waals surface area contributed by atoms with E-state index < -0.39 is 0 Å². The van der Waals surface area contributed by atoms with Gasteiger partial charge in [0.15, 0.2) is 0 Å². The minimum atomic E-state index is -0.235. The van der Waals surface area contributed by atoms with Crippen LogP contribution in [0.2, 0.25) is 0 Å². The van der Waals surface area contributed by atoms with E-state index in [-0.39, 0.29) is 17.7 Å². The van der Waals surface area contributed by atoms with Gasteiger partial charge in [0.05, 0.1) is 10.4 Å². The average molecular weight is 441 g/mol. The van der Waals surface area contributed by atoms with Crippen molar-refractivity contribution in [3.8, 4) is 0 Å². The first-order chi connectivity index (χ1) is 14.5. The highest BCUT2D eigenvalue weighted by Gasteiger charge is 2.32. The Hall–Kier alpha value is -2.45. The van der Waals surface area contributed by atoms with E-state index in [1.807, 2.05) is 37.3 Å². The lowest BCUT2D eigenvalue weighted by Crippen LogP contribution is -2.39. The zero-order valence-electron chi connectivity index (χ0n) is 16.8. The van der Waals surface area contributed by atoms with Gasteiger partial charge < -0.3 is 10.6 Å². The Bertz CT molecular complexity index is 1040. The SMILES string of the molecule is CCCN1C(=O)/C(=C/c2cc3ccccc3nc2N2CCC(C(N)=O)CC2)SC1=S. The molecule has 0 unspecified atom stereocenters. The summed E-state index contributed by atoms with van der Waals surface area (Å²) in [6.07, 6.45) is 4.19. The van der Waals surface area contributed by atoms with Gasteiger partial charge >= 0.3 is 0 Å². The molecular formula is C22H24N4O2S2. The molecule has 1 aromatic carbocycles. The summed E-state index contributed by atoms with van der Waals surface area (Å²) in [5.41, 5.74) is 7.29. The van der Waals surface area contributed by atoms with Gasteiger partial charge in [-0.2, -0.15) is 0 Å². The maximum atomic E-state index is 12.8. The number of para-hydroxylation sites is 1. The number of amides is 2. The molecule has 30 heavy (non-hydrogen) atoms. The summed E-state index contributed by atoms with van der Waals surface area (Å²) >= 11 is 6.75. The molecule has 0 radical (unpaired) electrons. The highest BCUT2D eigenvalue weighted by Crippen LogP contribution is 2.35. The topological polar surface area (TPSA) is 79.5 Å². The van der Waals surface area contributed by atoms with Crippen LogP contribution in [-0.4, -0.2) is 45.7 Å².